The van der Waals surface area contributed by atoms with Crippen LogP contribution in [0.5, 0.6) is 0 Å². The number of benzene rings is 2. The van der Waals surface area contributed by atoms with E-state index in [1.807, 2.05) is 36.4 Å². The molecule has 3 aliphatic rings. The van der Waals surface area contributed by atoms with Crippen molar-refractivity contribution in [2.24, 2.45) is 5.92 Å². The maximum Gasteiger partial charge on any atom is 0.407 e. The van der Waals surface area contributed by atoms with Crippen molar-refractivity contribution in [1.29, 1.82) is 0 Å². The Balaban J connectivity index is 1.27. The summed E-state index contributed by atoms with van der Waals surface area (Å²) in [6.45, 7) is 0.409. The fraction of sp³-hybridized carbons (Fsp3) is 0.423. The van der Waals surface area contributed by atoms with Gasteiger partial charge in [0.15, 0.2) is 0 Å². The van der Waals surface area contributed by atoms with Gasteiger partial charge < -0.3 is 24.8 Å². The Bertz CT molecular complexity index is 1090. The Hall–Kier alpha value is -3.39. The van der Waals surface area contributed by atoms with E-state index in [-0.39, 0.29) is 25.0 Å². The molecule has 0 spiro atoms. The van der Waals surface area contributed by atoms with Crippen LogP contribution in [0.1, 0.15) is 36.3 Å². The third kappa shape index (κ3) is 3.62. The summed E-state index contributed by atoms with van der Waals surface area (Å²) in [6, 6.07) is 15.1. The second-order valence-corrected chi connectivity index (χ2v) is 9.24. The highest BCUT2D eigenvalue weighted by atomic mass is 16.5. The molecule has 0 aromatic heterocycles. The van der Waals surface area contributed by atoms with Crippen LogP contribution in [0.3, 0.4) is 0 Å². The SMILES string of the molecule is COCC(NC(=O)OCC1c2ccccc2-c2ccccc21)C(=O)N1CCC[C@H]2C[C@]21C(=O)O. The number of rotatable bonds is 7. The van der Waals surface area contributed by atoms with Gasteiger partial charge in [-0.15, -0.1) is 0 Å². The molecule has 2 aromatic rings. The van der Waals surface area contributed by atoms with Gasteiger partial charge in [0, 0.05) is 19.6 Å². The standard InChI is InChI=1S/C26H28N2O6/c1-33-15-22(23(29)28-12-6-7-16-13-26(16,28)24(30)31)27-25(32)34-14-21-19-10-4-2-8-17(19)18-9-3-5-11-20(18)21/h2-5,8-11,16,21-22H,6-7,12-15H2,1H3,(H,27,32)(H,30,31)/t16-,22?,26+/m0/s1. The van der Waals surface area contributed by atoms with Crippen LogP contribution in [0.2, 0.25) is 0 Å². The number of carbonyl (C=O) groups excluding carboxylic acids is 2. The number of nitrogens with zero attached hydrogens (tertiary/aromatic N) is 1. The number of aliphatic carboxylic acids is 1. The van der Waals surface area contributed by atoms with E-state index < -0.39 is 29.6 Å². The number of hydrogen-bond acceptors (Lipinski definition) is 5. The number of piperidine rings is 1. The van der Waals surface area contributed by atoms with E-state index in [0.717, 1.165) is 35.1 Å². The third-order valence-electron chi connectivity index (χ3n) is 7.39. The van der Waals surface area contributed by atoms with Crippen molar-refractivity contribution in [2.75, 3.05) is 26.9 Å². The predicted octanol–water partition coefficient (Wildman–Crippen LogP) is 3.01. The van der Waals surface area contributed by atoms with Gasteiger partial charge in [-0.1, -0.05) is 48.5 Å². The van der Waals surface area contributed by atoms with Gasteiger partial charge in [-0.05, 0) is 47.4 Å². The smallest absolute Gasteiger partial charge is 0.407 e. The first-order valence-electron chi connectivity index (χ1n) is 11.6. The lowest BCUT2D eigenvalue weighted by atomic mass is 9.98. The monoisotopic (exact) mass is 464 g/mol. The molecule has 8 heteroatoms. The Morgan fingerprint density at radius 3 is 2.38 bits per heavy atom. The maximum atomic E-state index is 13.3. The number of carbonyl (C=O) groups is 3. The van der Waals surface area contributed by atoms with Gasteiger partial charge in [-0.3, -0.25) is 4.79 Å². The molecular formula is C26H28N2O6. The molecule has 2 aromatic carbocycles. The van der Waals surface area contributed by atoms with Gasteiger partial charge >= 0.3 is 12.1 Å². The van der Waals surface area contributed by atoms with E-state index >= 15 is 0 Å². The summed E-state index contributed by atoms with van der Waals surface area (Å²) in [5.74, 6) is -1.55. The Morgan fingerprint density at radius 1 is 1.12 bits per heavy atom. The van der Waals surface area contributed by atoms with E-state index in [1.165, 1.54) is 12.0 Å². The summed E-state index contributed by atoms with van der Waals surface area (Å²) in [6.07, 6.45) is 1.27. The topological polar surface area (TPSA) is 105 Å². The minimum Gasteiger partial charge on any atom is -0.479 e. The van der Waals surface area contributed by atoms with Gasteiger partial charge in [0.2, 0.25) is 5.91 Å². The van der Waals surface area contributed by atoms with Crippen LogP contribution in [0, 0.1) is 5.92 Å². The lowest BCUT2D eigenvalue weighted by Crippen LogP contribution is -2.58. The van der Waals surface area contributed by atoms with Gasteiger partial charge in [-0.25, -0.2) is 9.59 Å². The van der Waals surface area contributed by atoms with E-state index in [0.29, 0.717) is 13.0 Å². The molecule has 178 valence electrons. The molecule has 1 saturated carbocycles. The first-order chi connectivity index (χ1) is 16.5. The normalized spacial score (nSPS) is 23.3. The quantitative estimate of drug-likeness (QED) is 0.653. The summed E-state index contributed by atoms with van der Waals surface area (Å²) < 4.78 is 10.7. The lowest BCUT2D eigenvalue weighted by molar-refractivity contribution is -0.156. The van der Waals surface area contributed by atoms with E-state index in [2.05, 4.69) is 17.4 Å². The van der Waals surface area contributed by atoms with E-state index in [1.54, 1.807) is 0 Å². The molecule has 1 aliphatic heterocycles. The molecule has 5 rings (SSSR count). The summed E-state index contributed by atoms with van der Waals surface area (Å²) in [7, 11) is 1.43. The molecule has 3 atom stereocenters. The summed E-state index contributed by atoms with van der Waals surface area (Å²) in [5, 5.41) is 12.4. The molecule has 2 fully saturated rings. The van der Waals surface area contributed by atoms with Crippen LogP contribution in [0.25, 0.3) is 11.1 Å². The second-order valence-electron chi connectivity index (χ2n) is 9.24. The highest BCUT2D eigenvalue weighted by molar-refractivity contribution is 5.94. The third-order valence-corrected chi connectivity index (χ3v) is 7.39. The van der Waals surface area contributed by atoms with Crippen molar-refractivity contribution in [1.82, 2.24) is 10.2 Å². The number of amides is 2. The van der Waals surface area contributed by atoms with Crippen molar-refractivity contribution in [2.45, 2.75) is 36.8 Å². The number of carboxylic acid groups (broad SMARTS) is 1. The van der Waals surface area contributed by atoms with Crippen molar-refractivity contribution in [3.8, 4) is 11.1 Å². The highest BCUT2D eigenvalue weighted by Gasteiger charge is 2.67. The average molecular weight is 465 g/mol. The molecule has 0 radical (unpaired) electrons. The fourth-order valence-corrected chi connectivity index (χ4v) is 5.68. The average Bonchev–Trinajstić information content (AvgIpc) is 3.53. The molecule has 34 heavy (non-hydrogen) atoms. The van der Waals surface area contributed by atoms with Gasteiger partial charge in [0.05, 0.1) is 6.61 Å². The van der Waals surface area contributed by atoms with Crippen molar-refractivity contribution in [3.05, 3.63) is 59.7 Å². The second kappa shape index (κ2) is 8.76. The van der Waals surface area contributed by atoms with Gasteiger partial charge in [-0.2, -0.15) is 0 Å². The Morgan fingerprint density at radius 2 is 1.76 bits per heavy atom. The molecule has 2 aliphatic carbocycles. The highest BCUT2D eigenvalue weighted by Crippen LogP contribution is 2.54. The van der Waals surface area contributed by atoms with Crippen LogP contribution in [0.15, 0.2) is 48.5 Å². The number of hydrogen-bond donors (Lipinski definition) is 2. The molecule has 8 nitrogen and oxygen atoms in total. The predicted molar refractivity (Wildman–Crippen MR) is 123 cm³/mol. The molecule has 1 unspecified atom stereocenters. The number of ether oxygens (including phenoxy) is 2. The minimum absolute atomic E-state index is 0.0275. The summed E-state index contributed by atoms with van der Waals surface area (Å²) >= 11 is 0. The van der Waals surface area contributed by atoms with Crippen molar-refractivity contribution >= 4 is 18.0 Å². The molecule has 1 heterocycles. The molecular weight excluding hydrogens is 436 g/mol. The zero-order valence-corrected chi connectivity index (χ0v) is 19.0. The number of methoxy groups -OCH3 is 1. The Kier molecular flexibility index (Phi) is 5.77. The van der Waals surface area contributed by atoms with Crippen LogP contribution in [0.4, 0.5) is 4.79 Å². The lowest BCUT2D eigenvalue weighted by Gasteiger charge is -2.36. The number of carboxylic acids is 1. The Labute approximate surface area is 197 Å². The number of likely N-dealkylation sites (tertiary alicyclic amines) is 1. The first-order valence-corrected chi connectivity index (χ1v) is 11.6. The number of nitrogens with one attached hydrogen (secondary N) is 1. The summed E-state index contributed by atoms with van der Waals surface area (Å²) in [5.41, 5.74) is 3.30. The number of alkyl carbamates (subject to hydrolysis) is 1. The van der Waals surface area contributed by atoms with Gasteiger partial charge in [0.1, 0.15) is 18.2 Å². The molecule has 0 bridgehead atoms. The summed E-state index contributed by atoms with van der Waals surface area (Å²) in [4.78, 5) is 39.4. The van der Waals surface area contributed by atoms with Crippen LogP contribution in [-0.4, -0.2) is 66.4 Å². The molecule has 2 amide bonds. The van der Waals surface area contributed by atoms with Crippen molar-refractivity contribution < 1.29 is 29.0 Å². The first kappa shape index (κ1) is 22.4. The minimum atomic E-state index is -1.15. The van der Waals surface area contributed by atoms with Crippen LogP contribution < -0.4 is 5.32 Å². The zero-order chi connectivity index (χ0) is 23.9. The molecule has 2 N–H and O–H groups in total. The number of fused-ring (bicyclic) bond motifs is 4. The zero-order valence-electron chi connectivity index (χ0n) is 19.0. The van der Waals surface area contributed by atoms with Crippen LogP contribution >= 0.6 is 0 Å². The van der Waals surface area contributed by atoms with E-state index in [9.17, 15) is 19.5 Å². The fourth-order valence-electron chi connectivity index (χ4n) is 5.68. The largest absolute Gasteiger partial charge is 0.479 e. The van der Waals surface area contributed by atoms with E-state index in [4.69, 9.17) is 9.47 Å². The maximum absolute atomic E-state index is 13.3. The van der Waals surface area contributed by atoms with Gasteiger partial charge in [0.25, 0.3) is 0 Å². The van der Waals surface area contributed by atoms with Crippen LogP contribution in [-0.2, 0) is 19.1 Å². The molecule has 1 saturated heterocycles. The van der Waals surface area contributed by atoms with Crippen molar-refractivity contribution in [3.63, 3.8) is 0 Å².